The van der Waals surface area contributed by atoms with Crippen LogP contribution in [0.15, 0.2) is 34.7 Å². The molecule has 2 aromatic rings. The third kappa shape index (κ3) is 3.84. The normalized spacial score (nSPS) is 10.4. The fraction of sp³-hybridized carbons (Fsp3) is 0.375. The number of carbonyl (C=O) groups is 1. The van der Waals surface area contributed by atoms with E-state index in [-0.39, 0.29) is 5.91 Å². The van der Waals surface area contributed by atoms with Gasteiger partial charge in [-0.2, -0.15) is 0 Å². The number of aryl methyl sites for hydroxylation is 2. The first-order valence-corrected chi connectivity index (χ1v) is 7.14. The monoisotopic (exact) mass is 287 g/mol. The number of hydrogen-bond acceptors (Lipinski definition) is 4. The fourth-order valence-electron chi connectivity index (χ4n) is 2.24. The van der Waals surface area contributed by atoms with Crippen LogP contribution < -0.4 is 10.2 Å². The van der Waals surface area contributed by atoms with Gasteiger partial charge in [-0.3, -0.25) is 4.79 Å². The summed E-state index contributed by atoms with van der Waals surface area (Å²) in [7, 11) is 0. The van der Waals surface area contributed by atoms with Gasteiger partial charge in [0.1, 0.15) is 5.76 Å². The Morgan fingerprint density at radius 1 is 1.29 bits per heavy atom. The summed E-state index contributed by atoms with van der Waals surface area (Å²) in [6, 6.07) is 10.2. The molecule has 1 amide bonds. The minimum Gasteiger partial charge on any atom is -0.445 e. The number of nitrogens with one attached hydrogen (secondary N) is 1. The van der Waals surface area contributed by atoms with Crippen molar-refractivity contribution in [2.24, 2.45) is 0 Å². The molecule has 0 aliphatic heterocycles. The average Bonchev–Trinajstić information content (AvgIpc) is 2.83. The molecule has 0 fully saturated rings. The van der Waals surface area contributed by atoms with Crippen molar-refractivity contribution in [3.8, 4) is 0 Å². The second kappa shape index (κ2) is 6.92. The Morgan fingerprint density at radius 2 is 2.00 bits per heavy atom. The molecule has 0 bridgehead atoms. The minimum absolute atomic E-state index is 0.187. The number of oxazole rings is 1. The number of rotatable bonds is 6. The van der Waals surface area contributed by atoms with Crippen molar-refractivity contribution in [2.75, 3.05) is 24.5 Å². The van der Waals surface area contributed by atoms with E-state index in [9.17, 15) is 4.79 Å². The fourth-order valence-corrected chi connectivity index (χ4v) is 2.24. The molecule has 112 valence electrons. The van der Waals surface area contributed by atoms with Gasteiger partial charge in [0, 0.05) is 32.2 Å². The minimum atomic E-state index is -0.187. The zero-order valence-electron chi connectivity index (χ0n) is 12.7. The predicted molar refractivity (Wildman–Crippen MR) is 82.6 cm³/mol. The van der Waals surface area contributed by atoms with E-state index in [2.05, 4.69) is 34.3 Å². The first-order chi connectivity index (χ1) is 10.1. The quantitative estimate of drug-likeness (QED) is 0.887. The van der Waals surface area contributed by atoms with Crippen molar-refractivity contribution in [2.45, 2.75) is 20.8 Å². The molecule has 0 saturated carbocycles. The Hall–Kier alpha value is -2.30. The van der Waals surface area contributed by atoms with Gasteiger partial charge in [-0.15, -0.1) is 0 Å². The van der Waals surface area contributed by atoms with Crippen molar-refractivity contribution in [1.29, 1.82) is 0 Å². The van der Waals surface area contributed by atoms with Gasteiger partial charge in [0.05, 0.1) is 0 Å². The van der Waals surface area contributed by atoms with Crippen LogP contribution in [0, 0.1) is 13.8 Å². The molecule has 0 radical (unpaired) electrons. The van der Waals surface area contributed by atoms with E-state index in [4.69, 9.17) is 4.42 Å². The predicted octanol–water partition coefficient (Wildman–Crippen LogP) is 2.55. The van der Waals surface area contributed by atoms with E-state index >= 15 is 0 Å². The molecule has 2 rings (SSSR count). The highest BCUT2D eigenvalue weighted by Crippen LogP contribution is 2.12. The van der Waals surface area contributed by atoms with Crippen LogP contribution in [0.25, 0.3) is 0 Å². The number of likely N-dealkylation sites (N-methyl/N-ethyl adjacent to an activating group) is 1. The second-order valence-corrected chi connectivity index (χ2v) is 4.81. The van der Waals surface area contributed by atoms with Crippen LogP contribution in [0.4, 0.5) is 5.69 Å². The van der Waals surface area contributed by atoms with Crippen molar-refractivity contribution in [1.82, 2.24) is 10.3 Å². The highest BCUT2D eigenvalue weighted by molar-refractivity contribution is 5.93. The largest absolute Gasteiger partial charge is 0.445 e. The molecule has 0 unspecified atom stereocenters. The Bertz CT molecular complexity index is 593. The summed E-state index contributed by atoms with van der Waals surface area (Å²) in [4.78, 5) is 18.3. The summed E-state index contributed by atoms with van der Waals surface area (Å²) < 4.78 is 5.27. The van der Waals surface area contributed by atoms with Crippen molar-refractivity contribution < 1.29 is 9.21 Å². The van der Waals surface area contributed by atoms with E-state index in [0.29, 0.717) is 23.9 Å². The lowest BCUT2D eigenvalue weighted by atomic mass is 10.3. The molecule has 1 N–H and O–H groups in total. The van der Waals surface area contributed by atoms with Crippen LogP contribution >= 0.6 is 0 Å². The maximum atomic E-state index is 12.0. The first kappa shape index (κ1) is 15.1. The van der Waals surface area contributed by atoms with Crippen LogP contribution in [0.3, 0.4) is 0 Å². The van der Waals surface area contributed by atoms with Crippen LogP contribution in [0.5, 0.6) is 0 Å². The summed E-state index contributed by atoms with van der Waals surface area (Å²) in [5.74, 6) is 0.881. The third-order valence-electron chi connectivity index (χ3n) is 3.29. The molecule has 1 aromatic heterocycles. The van der Waals surface area contributed by atoms with Gasteiger partial charge in [0.15, 0.2) is 11.6 Å². The zero-order valence-corrected chi connectivity index (χ0v) is 12.7. The summed E-state index contributed by atoms with van der Waals surface area (Å²) in [6.07, 6.45) is 0. The number of benzene rings is 1. The molecule has 0 atom stereocenters. The molecule has 0 aliphatic carbocycles. The first-order valence-electron chi connectivity index (χ1n) is 7.14. The van der Waals surface area contributed by atoms with Crippen LogP contribution in [0.2, 0.25) is 0 Å². The zero-order chi connectivity index (χ0) is 15.2. The van der Waals surface area contributed by atoms with Crippen LogP contribution in [-0.2, 0) is 0 Å². The number of carbonyl (C=O) groups excluding carboxylic acids is 1. The van der Waals surface area contributed by atoms with Gasteiger partial charge in [-0.25, -0.2) is 4.98 Å². The summed E-state index contributed by atoms with van der Waals surface area (Å²) >= 11 is 0. The smallest absolute Gasteiger partial charge is 0.273 e. The van der Waals surface area contributed by atoms with E-state index in [1.54, 1.807) is 13.8 Å². The molecular weight excluding hydrogens is 266 g/mol. The maximum absolute atomic E-state index is 12.0. The third-order valence-corrected chi connectivity index (χ3v) is 3.29. The van der Waals surface area contributed by atoms with E-state index in [0.717, 1.165) is 18.8 Å². The number of nitrogens with zero attached hydrogens (tertiary/aromatic N) is 2. The lowest BCUT2D eigenvalue weighted by Crippen LogP contribution is -2.35. The number of para-hydroxylation sites is 1. The van der Waals surface area contributed by atoms with Gasteiger partial charge in [0.25, 0.3) is 5.91 Å². The van der Waals surface area contributed by atoms with Gasteiger partial charge < -0.3 is 14.6 Å². The Labute approximate surface area is 125 Å². The van der Waals surface area contributed by atoms with Gasteiger partial charge in [-0.05, 0) is 26.0 Å². The topological polar surface area (TPSA) is 58.4 Å². The van der Waals surface area contributed by atoms with E-state index in [1.165, 1.54) is 0 Å². The van der Waals surface area contributed by atoms with Gasteiger partial charge in [0.2, 0.25) is 0 Å². The Kier molecular flexibility index (Phi) is 4.98. The molecule has 5 nitrogen and oxygen atoms in total. The average molecular weight is 287 g/mol. The molecular formula is C16H21N3O2. The Balaban J connectivity index is 1.88. The standard InChI is InChI=1S/C16H21N3O2/c1-4-19(14-8-6-5-7-9-14)11-10-17-16(20)15-12(2)21-13(3)18-15/h5-9H,4,10-11H2,1-3H3,(H,17,20). The number of aromatic nitrogens is 1. The second-order valence-electron chi connectivity index (χ2n) is 4.81. The maximum Gasteiger partial charge on any atom is 0.273 e. The SMILES string of the molecule is CCN(CCNC(=O)c1nc(C)oc1C)c1ccccc1. The molecule has 0 saturated heterocycles. The highest BCUT2D eigenvalue weighted by Gasteiger charge is 2.15. The summed E-state index contributed by atoms with van der Waals surface area (Å²) in [5.41, 5.74) is 1.53. The number of anilines is 1. The van der Waals surface area contributed by atoms with E-state index in [1.807, 2.05) is 18.2 Å². The van der Waals surface area contributed by atoms with Crippen LogP contribution in [0.1, 0.15) is 29.1 Å². The molecule has 1 heterocycles. The lowest BCUT2D eigenvalue weighted by Gasteiger charge is -2.23. The molecule has 21 heavy (non-hydrogen) atoms. The number of hydrogen-bond donors (Lipinski definition) is 1. The number of amides is 1. The highest BCUT2D eigenvalue weighted by atomic mass is 16.4. The molecule has 1 aromatic carbocycles. The van der Waals surface area contributed by atoms with Gasteiger partial charge in [-0.1, -0.05) is 18.2 Å². The van der Waals surface area contributed by atoms with Crippen LogP contribution in [-0.4, -0.2) is 30.5 Å². The molecule has 0 spiro atoms. The Morgan fingerprint density at radius 3 is 2.57 bits per heavy atom. The van der Waals surface area contributed by atoms with Gasteiger partial charge >= 0.3 is 0 Å². The van der Waals surface area contributed by atoms with Crippen molar-refractivity contribution in [3.63, 3.8) is 0 Å². The summed E-state index contributed by atoms with van der Waals surface area (Å²) in [5, 5.41) is 2.88. The summed E-state index contributed by atoms with van der Waals surface area (Å²) in [6.45, 7) is 7.78. The molecule has 5 heteroatoms. The van der Waals surface area contributed by atoms with Crippen molar-refractivity contribution >= 4 is 11.6 Å². The van der Waals surface area contributed by atoms with E-state index < -0.39 is 0 Å². The lowest BCUT2D eigenvalue weighted by molar-refractivity contribution is 0.0948. The van der Waals surface area contributed by atoms with Crippen molar-refractivity contribution in [3.05, 3.63) is 47.7 Å². The molecule has 0 aliphatic rings.